The predicted octanol–water partition coefficient (Wildman–Crippen LogP) is 7.15. The van der Waals surface area contributed by atoms with Crippen LogP contribution in [0.5, 0.6) is 5.75 Å². The Bertz CT molecular complexity index is 1050. The molecule has 1 aliphatic heterocycles. The lowest BCUT2D eigenvalue weighted by molar-refractivity contribution is -0.114. The van der Waals surface area contributed by atoms with Crippen LogP contribution in [0.15, 0.2) is 71.8 Å². The smallest absolute Gasteiger partial charge is 0.185 e. The van der Waals surface area contributed by atoms with Crippen LogP contribution in [0.3, 0.4) is 0 Å². The van der Waals surface area contributed by atoms with Gasteiger partial charge >= 0.3 is 0 Å². The molecule has 0 unspecified atom stereocenters. The van der Waals surface area contributed by atoms with Gasteiger partial charge in [-0.1, -0.05) is 83.5 Å². The highest BCUT2D eigenvalue weighted by atomic mass is 35.5. The molecule has 162 valence electrons. The molecule has 1 spiro atoms. The van der Waals surface area contributed by atoms with Crippen LogP contribution in [-0.4, -0.2) is 11.3 Å². The number of carbonyl (C=O) groups is 1. The number of rotatable bonds is 1. The van der Waals surface area contributed by atoms with E-state index in [1.807, 2.05) is 36.4 Å². The van der Waals surface area contributed by atoms with Crippen molar-refractivity contribution in [2.45, 2.75) is 53.2 Å². The molecule has 0 amide bonds. The Hall–Kier alpha value is -2.52. The van der Waals surface area contributed by atoms with E-state index in [0.717, 1.165) is 28.1 Å². The molecular formula is C27H30ClNO2. The topological polar surface area (TPSA) is 38.3 Å². The van der Waals surface area contributed by atoms with Crippen molar-refractivity contribution in [3.63, 3.8) is 0 Å². The van der Waals surface area contributed by atoms with Crippen molar-refractivity contribution in [1.82, 2.24) is 0 Å². The third-order valence-corrected chi connectivity index (χ3v) is 6.18. The van der Waals surface area contributed by atoms with Gasteiger partial charge in [0.25, 0.3) is 0 Å². The molecule has 4 rings (SSSR count). The number of ether oxygens (including phenoxy) is 1. The minimum absolute atomic E-state index is 0.108. The summed E-state index contributed by atoms with van der Waals surface area (Å²) in [6, 6.07) is 15.8. The van der Waals surface area contributed by atoms with Crippen LogP contribution < -0.4 is 10.1 Å². The van der Waals surface area contributed by atoms with Crippen LogP contribution in [0, 0.1) is 10.8 Å². The Morgan fingerprint density at radius 3 is 2.03 bits per heavy atom. The monoisotopic (exact) mass is 435 g/mol. The second-order valence-electron chi connectivity index (χ2n) is 10.6. The van der Waals surface area contributed by atoms with Crippen LogP contribution in [-0.2, 0) is 4.79 Å². The molecule has 1 aliphatic carbocycles. The molecule has 2 aromatic rings. The molecule has 2 aromatic carbocycles. The average molecular weight is 436 g/mol. The number of carbonyl (C=O) groups excluding carboxylic acids is 1. The van der Waals surface area contributed by atoms with Gasteiger partial charge in [-0.3, -0.25) is 4.79 Å². The zero-order chi connectivity index (χ0) is 22.6. The summed E-state index contributed by atoms with van der Waals surface area (Å²) in [7, 11) is 0. The predicted molar refractivity (Wildman–Crippen MR) is 128 cm³/mol. The van der Waals surface area contributed by atoms with E-state index in [9.17, 15) is 4.79 Å². The maximum absolute atomic E-state index is 13.6. The van der Waals surface area contributed by atoms with E-state index in [-0.39, 0.29) is 22.7 Å². The summed E-state index contributed by atoms with van der Waals surface area (Å²) < 4.78 is 6.60. The first-order valence-electron chi connectivity index (χ1n) is 10.7. The summed E-state index contributed by atoms with van der Waals surface area (Å²) in [5, 5.41) is 4.35. The second-order valence-corrected chi connectivity index (χ2v) is 11.0. The first-order valence-corrected chi connectivity index (χ1v) is 11.1. The number of hydrogen-bond donors (Lipinski definition) is 1. The van der Waals surface area contributed by atoms with Crippen molar-refractivity contribution in [2.24, 2.45) is 10.8 Å². The van der Waals surface area contributed by atoms with Crippen molar-refractivity contribution in [3.8, 4) is 5.75 Å². The van der Waals surface area contributed by atoms with Crippen LogP contribution in [0.2, 0.25) is 5.02 Å². The van der Waals surface area contributed by atoms with Gasteiger partial charge in [-0.15, -0.1) is 0 Å². The molecule has 0 saturated carbocycles. The van der Waals surface area contributed by atoms with E-state index in [1.54, 1.807) is 0 Å². The van der Waals surface area contributed by atoms with Crippen LogP contribution in [0.1, 0.15) is 53.2 Å². The van der Waals surface area contributed by atoms with Gasteiger partial charge in [-0.2, -0.15) is 0 Å². The highest BCUT2D eigenvalue weighted by Crippen LogP contribution is 2.50. The van der Waals surface area contributed by atoms with Crippen LogP contribution in [0.4, 0.5) is 5.69 Å². The number of allylic oxidation sites excluding steroid dienone is 2. The largest absolute Gasteiger partial charge is 0.480 e. The van der Waals surface area contributed by atoms with Gasteiger partial charge in [0.05, 0.1) is 5.69 Å². The minimum Gasteiger partial charge on any atom is -0.480 e. The normalized spacial score (nSPS) is 20.4. The molecular weight excluding hydrogens is 406 g/mol. The first-order chi connectivity index (χ1) is 14.4. The van der Waals surface area contributed by atoms with Crippen molar-refractivity contribution < 1.29 is 9.53 Å². The van der Waals surface area contributed by atoms with Crippen molar-refractivity contribution in [3.05, 3.63) is 82.4 Å². The van der Waals surface area contributed by atoms with E-state index in [0.29, 0.717) is 5.02 Å². The minimum atomic E-state index is -0.724. The molecule has 0 saturated heterocycles. The lowest BCUT2D eigenvalue weighted by Crippen LogP contribution is -2.50. The molecule has 31 heavy (non-hydrogen) atoms. The first kappa shape index (κ1) is 21.7. The molecule has 4 heteroatoms. The molecule has 1 heterocycles. The highest BCUT2D eigenvalue weighted by Gasteiger charge is 2.48. The molecule has 0 fully saturated rings. The number of halogens is 1. The van der Waals surface area contributed by atoms with Gasteiger partial charge in [0.1, 0.15) is 11.3 Å². The SMILES string of the molecule is CC(C)(C)C1=CC2(C=C(C(C)(C)C)C1=O)Nc1cc(Cl)ccc1O[C@@H]2c1ccccc1. The maximum Gasteiger partial charge on any atom is 0.185 e. The Kier molecular flexibility index (Phi) is 5.09. The van der Waals surface area contributed by atoms with Crippen LogP contribution >= 0.6 is 11.6 Å². The highest BCUT2D eigenvalue weighted by molar-refractivity contribution is 6.31. The summed E-state index contributed by atoms with van der Waals surface area (Å²) in [4.78, 5) is 13.6. The number of benzene rings is 2. The standard InChI is InChI=1S/C27H30ClNO2/c1-25(2,3)19-15-27(16-20(23(19)30)26(4,5)6)24(17-10-8-7-9-11-17)31-22-13-12-18(28)14-21(22)29-27/h7-16,24,29H,1-6H3/t24-/m1/s1. The number of nitrogens with one attached hydrogen (secondary N) is 1. The quantitative estimate of drug-likeness (QED) is 0.516. The van der Waals surface area contributed by atoms with Gasteiger partial charge in [-0.05, 0) is 46.7 Å². The van der Waals surface area contributed by atoms with Gasteiger partial charge < -0.3 is 10.1 Å². The third kappa shape index (κ3) is 3.92. The van der Waals surface area contributed by atoms with Crippen LogP contribution in [0.25, 0.3) is 0 Å². The summed E-state index contributed by atoms with van der Waals surface area (Å²) in [5.41, 5.74) is 2.10. The van der Waals surface area contributed by atoms with Gasteiger partial charge in [-0.25, -0.2) is 0 Å². The Balaban J connectivity index is 2.01. The molecule has 0 radical (unpaired) electrons. The summed E-state index contributed by atoms with van der Waals surface area (Å²) in [5.74, 6) is 0.855. The molecule has 3 nitrogen and oxygen atoms in total. The third-order valence-electron chi connectivity index (χ3n) is 5.95. The van der Waals surface area contributed by atoms with E-state index in [2.05, 4.69) is 71.1 Å². The van der Waals surface area contributed by atoms with Crippen molar-refractivity contribution >= 4 is 23.1 Å². The molecule has 0 bridgehead atoms. The van der Waals surface area contributed by atoms with E-state index < -0.39 is 5.54 Å². The van der Waals surface area contributed by atoms with E-state index >= 15 is 0 Å². The lowest BCUT2D eigenvalue weighted by atomic mass is 9.67. The summed E-state index contributed by atoms with van der Waals surface area (Å²) in [6.45, 7) is 12.5. The van der Waals surface area contributed by atoms with Gasteiger partial charge in [0, 0.05) is 16.2 Å². The number of anilines is 1. The molecule has 1 N–H and O–H groups in total. The lowest BCUT2D eigenvalue weighted by Gasteiger charge is -2.47. The van der Waals surface area contributed by atoms with Gasteiger partial charge in [0.2, 0.25) is 0 Å². The fourth-order valence-corrected chi connectivity index (χ4v) is 4.50. The number of hydrogen-bond acceptors (Lipinski definition) is 3. The van der Waals surface area contributed by atoms with Crippen molar-refractivity contribution in [1.29, 1.82) is 0 Å². The number of fused-ring (bicyclic) bond motifs is 1. The molecule has 1 atom stereocenters. The fraction of sp³-hybridized carbons (Fsp3) is 0.370. The number of ketones is 1. The Labute approximate surface area is 190 Å². The van der Waals surface area contributed by atoms with E-state index in [1.165, 1.54) is 0 Å². The Morgan fingerprint density at radius 2 is 1.48 bits per heavy atom. The number of Topliss-reactive ketones (excluding diaryl/α,β-unsaturated/α-hetero) is 1. The molecule has 2 aliphatic rings. The molecule has 0 aromatic heterocycles. The zero-order valence-corrected chi connectivity index (χ0v) is 19.8. The van der Waals surface area contributed by atoms with E-state index in [4.69, 9.17) is 16.3 Å². The van der Waals surface area contributed by atoms with Crippen molar-refractivity contribution in [2.75, 3.05) is 5.32 Å². The maximum atomic E-state index is 13.6. The second kappa shape index (κ2) is 7.27. The Morgan fingerprint density at radius 1 is 0.903 bits per heavy atom. The summed E-state index contributed by atoms with van der Waals surface area (Å²) in [6.07, 6.45) is 3.81. The van der Waals surface area contributed by atoms with Gasteiger partial charge in [0.15, 0.2) is 11.9 Å². The fourth-order valence-electron chi connectivity index (χ4n) is 4.33. The average Bonchev–Trinajstić information content (AvgIpc) is 2.68. The summed E-state index contributed by atoms with van der Waals surface area (Å²) >= 11 is 6.30. The zero-order valence-electron chi connectivity index (χ0n) is 19.0.